The first-order valence-corrected chi connectivity index (χ1v) is 47.7. The molecule has 0 aliphatic carbocycles. The Morgan fingerprint density at radius 1 is 0.493 bits per heavy atom. The smallest absolute Gasteiger partial charge is 0.280 e. The van der Waals surface area contributed by atoms with Crippen LogP contribution in [-0.2, 0) is 16.1 Å². The summed E-state index contributed by atoms with van der Waals surface area (Å²) in [6, 6.07) is 34.6. The van der Waals surface area contributed by atoms with Gasteiger partial charge in [0.2, 0.25) is 17.7 Å². The van der Waals surface area contributed by atoms with E-state index in [1.165, 1.54) is 36.4 Å². The molecule has 136 heavy (non-hydrogen) atoms. The maximum atomic E-state index is 11.2. The van der Waals surface area contributed by atoms with Gasteiger partial charge in [0.1, 0.15) is 58.2 Å². The number of benzene rings is 1. The summed E-state index contributed by atoms with van der Waals surface area (Å²) in [6.07, 6.45) is 15.3. The minimum atomic E-state index is -0.181. The van der Waals surface area contributed by atoms with Crippen molar-refractivity contribution in [2.45, 2.75) is 264 Å². The Labute approximate surface area is 809 Å². The molecule has 744 valence electrons. The van der Waals surface area contributed by atoms with E-state index >= 15 is 0 Å². The summed E-state index contributed by atoms with van der Waals surface area (Å²) >= 11 is 1.83. The summed E-state index contributed by atoms with van der Waals surface area (Å²) < 4.78 is 58.7. The van der Waals surface area contributed by atoms with Gasteiger partial charge in [-0.1, -0.05) is 170 Å². The van der Waals surface area contributed by atoms with Crippen molar-refractivity contribution in [3.8, 4) is 69.3 Å². The molecule has 3 fully saturated rings. The fourth-order valence-corrected chi connectivity index (χ4v) is 12.6. The van der Waals surface area contributed by atoms with E-state index in [1.807, 2.05) is 162 Å². The van der Waals surface area contributed by atoms with Gasteiger partial charge in [0, 0.05) is 148 Å². The van der Waals surface area contributed by atoms with Crippen LogP contribution in [0.1, 0.15) is 289 Å². The molecule has 16 rings (SSSR count). The molecule has 3 aliphatic rings. The lowest BCUT2D eigenvalue weighted by Crippen LogP contribution is -2.50. The van der Waals surface area contributed by atoms with Gasteiger partial charge in [-0.3, -0.25) is 24.6 Å². The molecule has 1 aromatic carbocycles. The molecule has 1 unspecified atom stereocenters. The van der Waals surface area contributed by atoms with Gasteiger partial charge < -0.3 is 70.5 Å². The van der Waals surface area contributed by atoms with Crippen LogP contribution in [0.15, 0.2) is 179 Å². The van der Waals surface area contributed by atoms with Crippen molar-refractivity contribution in [2.75, 3.05) is 87.9 Å². The number of likely N-dealkylation sites (N-methyl/N-ethyl adjacent to an activating group) is 1. The Balaban J connectivity index is 0.000000264. The Morgan fingerprint density at radius 3 is 1.43 bits per heavy atom. The van der Waals surface area contributed by atoms with Gasteiger partial charge >= 0.3 is 0 Å². The average Bonchev–Trinajstić information content (AvgIpc) is 1.68. The second-order valence-corrected chi connectivity index (χ2v) is 36.6. The number of thiophene rings is 1. The van der Waals surface area contributed by atoms with Crippen LogP contribution in [0.3, 0.4) is 0 Å². The number of ether oxygens (including phenoxy) is 5. The summed E-state index contributed by atoms with van der Waals surface area (Å²) in [5.41, 5.74) is 3.92. The monoisotopic (exact) mass is 1900 g/mol. The molecule has 0 radical (unpaired) electrons. The number of furan rings is 1. The predicted octanol–water partition coefficient (Wildman–Crippen LogP) is 21.9. The second-order valence-electron chi connectivity index (χ2n) is 35.6. The van der Waals surface area contributed by atoms with E-state index in [9.17, 15) is 4.79 Å². The number of hydrogen-bond acceptors (Lipinski definition) is 32. The zero-order valence-corrected chi connectivity index (χ0v) is 86.8. The summed E-state index contributed by atoms with van der Waals surface area (Å²) in [7, 11) is 8.33. The largest absolute Gasteiger partial charge is 0.497 e. The van der Waals surface area contributed by atoms with Crippen LogP contribution in [0.4, 0.5) is 0 Å². The van der Waals surface area contributed by atoms with E-state index < -0.39 is 0 Å². The zero-order chi connectivity index (χ0) is 100. The lowest BCUT2D eigenvalue weighted by molar-refractivity contribution is -0.135. The molecule has 34 heteroatoms. The molecule has 3 aliphatic heterocycles. The fraction of sp³-hybridized carbons (Fsp3) is 0.529. The number of rotatable bonds is 21. The molecule has 0 bridgehead atoms. The molecule has 12 aromatic heterocycles. The molecule has 15 heterocycles. The van der Waals surface area contributed by atoms with Gasteiger partial charge in [-0.05, 0) is 163 Å². The number of nitrogens with zero attached hydrogens (tertiary/aromatic N) is 19. The summed E-state index contributed by atoms with van der Waals surface area (Å²) in [4.78, 5) is 56.7. The van der Waals surface area contributed by atoms with Crippen molar-refractivity contribution >= 4 is 17.2 Å². The van der Waals surface area contributed by atoms with Gasteiger partial charge in [-0.15, -0.1) is 21.5 Å². The molecule has 33 nitrogen and oxygen atoms in total. The summed E-state index contributed by atoms with van der Waals surface area (Å²) in [6.45, 7) is 60.5. The maximum absolute atomic E-state index is 11.2. The number of carbonyl (C=O) groups is 1. The Kier molecular flexibility index (Phi) is 52.3. The quantitative estimate of drug-likeness (QED) is 0.0674. The van der Waals surface area contributed by atoms with Crippen LogP contribution in [0.25, 0.3) is 46.3 Å². The normalized spacial score (nSPS) is 13.4. The topological polar surface area (TPSA) is 382 Å². The van der Waals surface area contributed by atoms with E-state index in [-0.39, 0.29) is 48.0 Å². The Hall–Kier alpha value is -11.8. The van der Waals surface area contributed by atoms with Crippen LogP contribution in [0.2, 0.25) is 0 Å². The number of aromatic nitrogens is 16. The minimum absolute atomic E-state index is 0.181. The Morgan fingerprint density at radius 2 is 1.05 bits per heavy atom. The number of amides is 1. The number of aliphatic hydroxyl groups excluding tert-OH is 1. The van der Waals surface area contributed by atoms with Gasteiger partial charge in [0.25, 0.3) is 23.6 Å². The number of pyridine rings is 4. The highest BCUT2D eigenvalue weighted by molar-refractivity contribution is 7.10. The van der Waals surface area contributed by atoms with Crippen molar-refractivity contribution in [1.82, 2.24) is 100 Å². The van der Waals surface area contributed by atoms with Crippen molar-refractivity contribution in [3.05, 3.63) is 209 Å². The SMILES string of the molecule is CC(C)C1CCCO1.CC(C)N1CCN(C)C(=O)C1.CC(C)N1CCNCC1.CC(C)c1cccs1.CC(C)c1nnc(CO)o1.CC(C)c1noc(-c2ccccn2)n1.CC(C)n1ccnc1.COc1ccc(-c2nc(C(C)C)no2)nc1.COc1ccc(C(C)C)cc1.COc1cccnc1-c1nc(C(C)C)no1.COc1ccnc(-c2nc(C(C)C)no2)c1.Cc1ccc(C(C)C)o1. The number of hydrogen-bond donors (Lipinski definition) is 2. The molecule has 13 aromatic rings. The molecule has 0 saturated carbocycles. The third-order valence-corrected chi connectivity index (χ3v) is 21.7. The number of imidazole rings is 1. The summed E-state index contributed by atoms with van der Waals surface area (Å²) in [5, 5.41) is 36.8. The third-order valence-electron chi connectivity index (χ3n) is 20.6. The fourth-order valence-electron chi connectivity index (χ4n) is 11.8. The third kappa shape index (κ3) is 41.8. The second kappa shape index (κ2) is 62.0. The maximum Gasteiger partial charge on any atom is 0.280 e. The first kappa shape index (κ1) is 115. The van der Waals surface area contributed by atoms with Crippen molar-refractivity contribution in [1.29, 1.82) is 0 Å². The molecule has 2 N–H and O–H groups in total. The number of nitrogens with one attached hydrogen (secondary N) is 1. The predicted molar refractivity (Wildman–Crippen MR) is 534 cm³/mol. The van der Waals surface area contributed by atoms with Crippen LogP contribution < -0.4 is 24.3 Å². The van der Waals surface area contributed by atoms with Crippen molar-refractivity contribution in [2.24, 2.45) is 5.92 Å². The lowest BCUT2D eigenvalue weighted by Gasteiger charge is -2.34. The number of methoxy groups -OCH3 is 4. The van der Waals surface area contributed by atoms with Crippen molar-refractivity contribution < 1.29 is 60.5 Å². The molecule has 3 saturated heterocycles. The van der Waals surface area contributed by atoms with Gasteiger partial charge in [0.15, 0.2) is 29.0 Å². The van der Waals surface area contributed by atoms with Crippen LogP contribution in [-0.4, -0.2) is 212 Å². The highest BCUT2D eigenvalue weighted by Crippen LogP contribution is 2.29. The lowest BCUT2D eigenvalue weighted by atomic mass is 10.0. The van der Waals surface area contributed by atoms with Gasteiger partial charge in [-0.2, -0.15) is 19.9 Å². The standard InChI is InChI=1S/3C11H13N3O2.C10H11N3O.C10H14O.C8H16N2O.C8H12O.C7H16N2.C7H14O.C7H10S.C6H10N2O2.C6H10N2/c1-7(2)10-13-11(16-14-10)9-6-8(15-3)4-5-12-9;1-7(2)10-13-11(16-14-10)9-5-4-8(15-3)6-12-9;1-7(2)10-13-11(16-14-10)9-8(15-3)5-4-6-12-9;1-7(2)9-12-10(14-13-9)8-5-3-4-6-11-8;1-8(2)9-4-6-10(11-3)7-5-9;1-7(2)10-5-4-9(3)8(11)6-10;1-6(2)8-5-4-7(3)9-8;1-7(2)9-5-3-8-4-6-9;2*1-6(2)7-4-3-5-8-7;1-4(2)6-8-7-5(3-9)10-6;1-6(2)8-4-3-7-5-8/h3*4-7H,1-3H3;3-7H,1-2H3;4-8H,1-3H3;7H,4-6H2,1-3H3;4-6H,1-3H3;7-8H,3-6H2,1-2H3;6-7H,3-5H2,1-2H3;3-6H,1-2H3;4,9H,3H2,1-2H3;3-6H,1-2H3. The average molecular weight is 1900 g/mol. The molecular weight excluding hydrogens is 1750 g/mol. The van der Waals surface area contributed by atoms with Crippen LogP contribution in [0.5, 0.6) is 23.0 Å². The zero-order valence-electron chi connectivity index (χ0n) is 86.0. The number of piperazine rings is 2. The Bertz CT molecular complexity index is 5210. The van der Waals surface area contributed by atoms with E-state index in [0.29, 0.717) is 135 Å². The first-order chi connectivity index (χ1) is 64.9. The van der Waals surface area contributed by atoms with Gasteiger partial charge in [-0.25, -0.2) is 15.0 Å². The highest BCUT2D eigenvalue weighted by Gasteiger charge is 2.24. The van der Waals surface area contributed by atoms with E-state index in [4.69, 9.17) is 55.7 Å². The van der Waals surface area contributed by atoms with E-state index in [2.05, 4.69) is 222 Å². The van der Waals surface area contributed by atoms with E-state index in [0.717, 1.165) is 62.0 Å². The number of carbonyl (C=O) groups excluding carboxylic acids is 1. The molecule has 1 amide bonds. The summed E-state index contributed by atoms with van der Waals surface area (Å²) in [5.74, 6) is 14.4. The van der Waals surface area contributed by atoms with Crippen molar-refractivity contribution in [3.63, 3.8) is 0 Å². The molecular formula is C102H152N20O13S. The molecule has 1 atom stereocenters. The minimum Gasteiger partial charge on any atom is -0.497 e. The highest BCUT2D eigenvalue weighted by atomic mass is 32.1. The van der Waals surface area contributed by atoms with Gasteiger partial charge in [0.05, 0.1) is 53.6 Å². The number of aryl methyl sites for hydroxylation is 1. The number of aliphatic hydroxyl groups is 1. The first-order valence-electron chi connectivity index (χ1n) is 46.8. The van der Waals surface area contributed by atoms with Crippen LogP contribution in [0, 0.1) is 12.8 Å². The molecule has 0 spiro atoms. The van der Waals surface area contributed by atoms with E-state index in [1.54, 1.807) is 88.6 Å². The van der Waals surface area contributed by atoms with Crippen LogP contribution >= 0.6 is 11.3 Å².